The van der Waals surface area contributed by atoms with E-state index in [2.05, 4.69) is 4.98 Å². The lowest BCUT2D eigenvalue weighted by Crippen LogP contribution is -2.42. The summed E-state index contributed by atoms with van der Waals surface area (Å²) in [5.41, 5.74) is 9.03. The Bertz CT molecular complexity index is 1020. The number of hydrogen-bond donors (Lipinski definition) is 2. The Hall–Kier alpha value is -2.15. The van der Waals surface area contributed by atoms with Crippen LogP contribution in [-0.2, 0) is 17.9 Å². The lowest BCUT2D eigenvalue weighted by atomic mass is 9.93. The number of fused-ring (bicyclic) bond motifs is 1. The number of benzene rings is 1. The molecule has 0 unspecified atom stereocenters. The van der Waals surface area contributed by atoms with Crippen molar-refractivity contribution in [3.63, 3.8) is 0 Å². The number of amides is 2. The van der Waals surface area contributed by atoms with Crippen molar-refractivity contribution in [2.45, 2.75) is 45.4 Å². The van der Waals surface area contributed by atoms with Crippen LogP contribution in [0.25, 0.3) is 11.1 Å². The van der Waals surface area contributed by atoms with Gasteiger partial charge in [0, 0.05) is 38.5 Å². The highest BCUT2D eigenvalue weighted by Gasteiger charge is 2.43. The van der Waals surface area contributed by atoms with E-state index in [4.69, 9.17) is 28.9 Å². The number of nitrogens with two attached hydrogens (primary N) is 1. The van der Waals surface area contributed by atoms with Crippen molar-refractivity contribution >= 4 is 35.0 Å². The maximum Gasteiger partial charge on any atom is 0.257 e. The highest BCUT2D eigenvalue weighted by Crippen LogP contribution is 2.42. The summed E-state index contributed by atoms with van der Waals surface area (Å²) in [6.45, 7) is 1.84. The average molecular weight is 434 g/mol. The molecule has 6 nitrogen and oxygen atoms in total. The average Bonchev–Trinajstić information content (AvgIpc) is 3.26. The van der Waals surface area contributed by atoms with Gasteiger partial charge in [-0.05, 0) is 31.9 Å². The van der Waals surface area contributed by atoms with E-state index in [1.807, 2.05) is 0 Å². The number of aliphatic hydroxyl groups excluding tert-OH is 1. The molecule has 0 bridgehead atoms. The van der Waals surface area contributed by atoms with Crippen LogP contribution in [0.2, 0.25) is 10.0 Å². The highest BCUT2D eigenvalue weighted by atomic mass is 35.5. The summed E-state index contributed by atoms with van der Waals surface area (Å²) in [5, 5.41) is 10.9. The van der Waals surface area contributed by atoms with Crippen LogP contribution in [-0.4, -0.2) is 32.8 Å². The number of halogens is 2. The quantitative estimate of drug-likeness (QED) is 0.770. The molecular weight excluding hydrogens is 413 g/mol. The molecule has 2 heterocycles. The van der Waals surface area contributed by atoms with Crippen molar-refractivity contribution in [1.82, 2.24) is 9.88 Å². The van der Waals surface area contributed by atoms with Crippen molar-refractivity contribution < 1.29 is 14.7 Å². The number of carbonyl (C=O) groups is 2. The van der Waals surface area contributed by atoms with Crippen LogP contribution < -0.4 is 5.73 Å². The molecule has 2 aliphatic rings. The fourth-order valence-corrected chi connectivity index (χ4v) is 5.12. The molecule has 29 heavy (non-hydrogen) atoms. The summed E-state index contributed by atoms with van der Waals surface area (Å²) in [7, 11) is 0. The molecule has 1 aliphatic heterocycles. The van der Waals surface area contributed by atoms with Gasteiger partial charge in [-0.25, -0.2) is 0 Å². The summed E-state index contributed by atoms with van der Waals surface area (Å²) in [4.78, 5) is 31.7. The van der Waals surface area contributed by atoms with Crippen molar-refractivity contribution in [2.75, 3.05) is 0 Å². The van der Waals surface area contributed by atoms with Crippen LogP contribution in [0.5, 0.6) is 0 Å². The van der Waals surface area contributed by atoms with Crippen LogP contribution >= 0.6 is 23.2 Å². The van der Waals surface area contributed by atoms with Gasteiger partial charge >= 0.3 is 0 Å². The molecule has 8 heteroatoms. The maximum absolute atomic E-state index is 13.5. The summed E-state index contributed by atoms with van der Waals surface area (Å²) >= 11 is 12.5. The number of carbonyl (C=O) groups excluding carboxylic acids is 2. The van der Waals surface area contributed by atoms with Gasteiger partial charge in [0.1, 0.15) is 0 Å². The van der Waals surface area contributed by atoms with Crippen molar-refractivity contribution in [1.29, 1.82) is 0 Å². The fourth-order valence-electron chi connectivity index (χ4n) is 4.62. The monoisotopic (exact) mass is 433 g/mol. The number of pyridine rings is 1. The zero-order valence-electron chi connectivity index (χ0n) is 15.9. The zero-order chi connectivity index (χ0) is 20.9. The summed E-state index contributed by atoms with van der Waals surface area (Å²) < 4.78 is 0. The second-order valence-corrected chi connectivity index (χ2v) is 8.44. The highest BCUT2D eigenvalue weighted by molar-refractivity contribution is 6.36. The standard InChI is InChI=1S/C21H21Cl2N3O3/c1-10-14(9-27)18(12-6-5-11(22)7-15(12)23)19-16(25-10)8-26(21(19)29)17-4-2-3-13(17)20(24)28/h5-7,13,17,27H,2-4,8-9H2,1H3,(H2,24,28)/t13-,17+/m1/s1. The minimum Gasteiger partial charge on any atom is -0.392 e. The van der Waals surface area contributed by atoms with Crippen LogP contribution in [0.4, 0.5) is 0 Å². The number of nitrogens with zero attached hydrogens (tertiary/aromatic N) is 2. The number of rotatable bonds is 4. The minimum absolute atomic E-state index is 0.207. The number of aryl methyl sites for hydroxylation is 1. The van der Waals surface area contributed by atoms with Crippen molar-refractivity contribution in [3.05, 3.63) is 50.8 Å². The molecule has 3 N–H and O–H groups in total. The molecule has 4 rings (SSSR count). The molecule has 1 aliphatic carbocycles. The maximum atomic E-state index is 13.5. The Morgan fingerprint density at radius 2 is 2.07 bits per heavy atom. The largest absolute Gasteiger partial charge is 0.392 e. The Kier molecular flexibility index (Phi) is 5.27. The molecule has 0 saturated heterocycles. The van der Waals surface area contributed by atoms with Crippen LogP contribution in [0.1, 0.15) is 46.6 Å². The van der Waals surface area contributed by atoms with Gasteiger partial charge < -0.3 is 15.7 Å². The van der Waals surface area contributed by atoms with E-state index in [1.54, 1.807) is 30.0 Å². The molecule has 0 spiro atoms. The van der Waals surface area contributed by atoms with Gasteiger partial charge in [-0.15, -0.1) is 0 Å². The fraction of sp³-hybridized carbons (Fsp3) is 0.381. The van der Waals surface area contributed by atoms with Gasteiger partial charge in [-0.1, -0.05) is 35.7 Å². The Morgan fingerprint density at radius 3 is 2.72 bits per heavy atom. The van der Waals surface area contributed by atoms with E-state index in [9.17, 15) is 14.7 Å². The normalized spacial score (nSPS) is 21.0. The van der Waals surface area contributed by atoms with E-state index in [-0.39, 0.29) is 30.4 Å². The molecule has 152 valence electrons. The first-order valence-corrected chi connectivity index (χ1v) is 10.3. The van der Waals surface area contributed by atoms with E-state index in [1.165, 1.54) is 0 Å². The molecule has 1 aromatic heterocycles. The van der Waals surface area contributed by atoms with Gasteiger partial charge in [-0.3, -0.25) is 14.6 Å². The van der Waals surface area contributed by atoms with Crippen LogP contribution in [0.3, 0.4) is 0 Å². The van der Waals surface area contributed by atoms with Gasteiger partial charge in [0.15, 0.2) is 0 Å². The van der Waals surface area contributed by atoms with Gasteiger partial charge in [0.2, 0.25) is 5.91 Å². The molecule has 2 atom stereocenters. The predicted octanol–water partition coefficient (Wildman–Crippen LogP) is 3.47. The SMILES string of the molecule is Cc1nc2c(c(-c3ccc(Cl)cc3Cl)c1CO)C(=O)N([C@H]1CCC[C@H]1C(N)=O)C2. The predicted molar refractivity (Wildman–Crippen MR) is 111 cm³/mol. The molecule has 2 amide bonds. The first-order chi connectivity index (χ1) is 13.8. The third-order valence-corrected chi connectivity index (χ3v) is 6.53. The summed E-state index contributed by atoms with van der Waals surface area (Å²) in [6.07, 6.45) is 2.27. The molecule has 2 aromatic rings. The Labute approximate surface area is 178 Å². The zero-order valence-corrected chi connectivity index (χ0v) is 17.4. The molecule has 1 aromatic carbocycles. The van der Waals surface area contributed by atoms with E-state index in [0.29, 0.717) is 56.7 Å². The Balaban J connectivity index is 1.87. The topological polar surface area (TPSA) is 96.5 Å². The number of primary amides is 1. The lowest BCUT2D eigenvalue weighted by Gasteiger charge is -2.27. The van der Waals surface area contributed by atoms with Gasteiger partial charge in [0.25, 0.3) is 5.91 Å². The number of aliphatic hydroxyl groups is 1. The molecule has 1 saturated carbocycles. The molecular formula is C21H21Cl2N3O3. The number of aromatic nitrogens is 1. The Morgan fingerprint density at radius 1 is 1.31 bits per heavy atom. The van der Waals surface area contributed by atoms with Crippen molar-refractivity contribution in [3.8, 4) is 11.1 Å². The van der Waals surface area contributed by atoms with Crippen molar-refractivity contribution in [2.24, 2.45) is 11.7 Å². The van der Waals surface area contributed by atoms with Crippen LogP contribution in [0.15, 0.2) is 18.2 Å². The number of hydrogen-bond acceptors (Lipinski definition) is 4. The van der Waals surface area contributed by atoms with Crippen LogP contribution in [0, 0.1) is 12.8 Å². The van der Waals surface area contributed by atoms with Gasteiger partial charge in [0.05, 0.1) is 30.3 Å². The van der Waals surface area contributed by atoms with E-state index in [0.717, 1.165) is 12.8 Å². The molecule has 1 fully saturated rings. The second kappa shape index (κ2) is 7.59. The smallest absolute Gasteiger partial charge is 0.257 e. The minimum atomic E-state index is -0.377. The van der Waals surface area contributed by atoms with Gasteiger partial charge in [-0.2, -0.15) is 0 Å². The third-order valence-electron chi connectivity index (χ3n) is 5.98. The second-order valence-electron chi connectivity index (χ2n) is 7.59. The molecule has 0 radical (unpaired) electrons. The van der Waals surface area contributed by atoms with E-state index < -0.39 is 0 Å². The van der Waals surface area contributed by atoms with E-state index >= 15 is 0 Å². The summed E-state index contributed by atoms with van der Waals surface area (Å²) in [5.74, 6) is -0.937. The first kappa shape index (κ1) is 20.1. The lowest BCUT2D eigenvalue weighted by molar-refractivity contribution is -0.122. The third kappa shape index (κ3) is 3.29. The summed E-state index contributed by atoms with van der Waals surface area (Å²) in [6, 6.07) is 4.82. The first-order valence-electron chi connectivity index (χ1n) is 9.52.